The standard InChI is InChI=1S/C13H12ClN3O4S/c14-10-2-1-8(17(20)21)5-9(10)13-6-7(13)3-4-22-11(16-13)15-12(18)19/h1-2,5,7H,3-4,6H2,(H,15,16)(H,18,19)/t7-,13+/m0/s1. The number of benzene rings is 1. The average Bonchev–Trinajstić information content (AvgIpc) is 3.12. The Labute approximate surface area is 134 Å². The first-order valence-corrected chi connectivity index (χ1v) is 7.96. The molecule has 0 aromatic heterocycles. The van der Waals surface area contributed by atoms with Crippen molar-refractivity contribution in [3.8, 4) is 0 Å². The maximum absolute atomic E-state index is 11.0. The summed E-state index contributed by atoms with van der Waals surface area (Å²) in [4.78, 5) is 25.9. The summed E-state index contributed by atoms with van der Waals surface area (Å²) in [6, 6.07) is 4.29. The van der Waals surface area contributed by atoms with Crippen molar-refractivity contribution in [3.05, 3.63) is 38.9 Å². The quantitative estimate of drug-likeness (QED) is 0.634. The van der Waals surface area contributed by atoms with E-state index in [4.69, 9.17) is 16.7 Å². The zero-order valence-corrected chi connectivity index (χ0v) is 12.9. The van der Waals surface area contributed by atoms with Crippen molar-refractivity contribution in [2.24, 2.45) is 10.9 Å². The molecule has 0 spiro atoms. The molecule has 2 atom stereocenters. The largest absolute Gasteiger partial charge is 0.465 e. The Morgan fingerprint density at radius 1 is 1.59 bits per heavy atom. The molecule has 116 valence electrons. The van der Waals surface area contributed by atoms with Crippen molar-refractivity contribution >= 4 is 40.3 Å². The Morgan fingerprint density at radius 2 is 2.36 bits per heavy atom. The van der Waals surface area contributed by atoms with Gasteiger partial charge in [-0.2, -0.15) is 0 Å². The Hall–Kier alpha value is -1.80. The van der Waals surface area contributed by atoms with Crippen LogP contribution in [0, 0.1) is 16.0 Å². The summed E-state index contributed by atoms with van der Waals surface area (Å²) < 4.78 is 0. The topological polar surface area (TPSA) is 105 Å². The molecule has 2 N–H and O–H groups in total. The molecule has 0 unspecified atom stereocenters. The van der Waals surface area contributed by atoms with Gasteiger partial charge >= 0.3 is 6.09 Å². The molecule has 1 fully saturated rings. The minimum atomic E-state index is -1.18. The molecule has 1 aromatic carbocycles. The summed E-state index contributed by atoms with van der Waals surface area (Å²) in [6.45, 7) is 0. The number of amidine groups is 1. The molecule has 7 nitrogen and oxygen atoms in total. The number of carboxylic acid groups (broad SMARTS) is 1. The Kier molecular flexibility index (Phi) is 3.73. The normalized spacial score (nSPS) is 26.4. The van der Waals surface area contributed by atoms with Gasteiger partial charge in [0.05, 0.1) is 10.5 Å². The Bertz CT molecular complexity index is 696. The van der Waals surface area contributed by atoms with E-state index in [0.29, 0.717) is 15.8 Å². The number of nitro benzene ring substituents is 1. The summed E-state index contributed by atoms with van der Waals surface area (Å²) in [5.74, 6) is 0.977. The van der Waals surface area contributed by atoms with Crippen LogP contribution in [0.2, 0.25) is 5.02 Å². The lowest BCUT2D eigenvalue weighted by Gasteiger charge is -2.15. The second-order valence-corrected chi connectivity index (χ2v) is 6.72. The van der Waals surface area contributed by atoms with Gasteiger partial charge < -0.3 is 5.11 Å². The highest BCUT2D eigenvalue weighted by atomic mass is 35.5. The molecule has 9 heteroatoms. The van der Waals surface area contributed by atoms with Crippen molar-refractivity contribution in [2.75, 3.05) is 5.75 Å². The van der Waals surface area contributed by atoms with Crippen LogP contribution in [-0.2, 0) is 5.54 Å². The lowest BCUT2D eigenvalue weighted by molar-refractivity contribution is -0.384. The number of aliphatic imine (C=N–C) groups is 1. The summed E-state index contributed by atoms with van der Waals surface area (Å²) in [7, 11) is 0. The van der Waals surface area contributed by atoms with E-state index in [1.807, 2.05) is 0 Å². The number of hydrogen-bond donors (Lipinski definition) is 2. The van der Waals surface area contributed by atoms with E-state index in [1.54, 1.807) is 0 Å². The van der Waals surface area contributed by atoms with Crippen LogP contribution in [0.15, 0.2) is 23.2 Å². The average molecular weight is 342 g/mol. The Balaban J connectivity index is 2.04. The first-order valence-electron chi connectivity index (χ1n) is 6.59. The maximum Gasteiger partial charge on any atom is 0.410 e. The van der Waals surface area contributed by atoms with Gasteiger partial charge in [-0.25, -0.2) is 4.79 Å². The number of hydrogen-bond acceptors (Lipinski definition) is 5. The van der Waals surface area contributed by atoms with Crippen LogP contribution < -0.4 is 5.32 Å². The second kappa shape index (κ2) is 5.44. The SMILES string of the molecule is O=C(O)NC1=N[C@]2(c3cc([N+](=O)[O-])ccc3Cl)C[C@@H]2CCS1. The lowest BCUT2D eigenvalue weighted by atomic mass is 10.0. The van der Waals surface area contributed by atoms with E-state index in [2.05, 4.69) is 10.3 Å². The van der Waals surface area contributed by atoms with Gasteiger partial charge in [-0.05, 0) is 24.8 Å². The van der Waals surface area contributed by atoms with E-state index >= 15 is 0 Å². The molecular weight excluding hydrogens is 330 g/mol. The Morgan fingerprint density at radius 3 is 3.05 bits per heavy atom. The predicted molar refractivity (Wildman–Crippen MR) is 83.6 cm³/mol. The van der Waals surface area contributed by atoms with Crippen LogP contribution >= 0.6 is 23.4 Å². The van der Waals surface area contributed by atoms with Gasteiger partial charge in [0.25, 0.3) is 5.69 Å². The van der Waals surface area contributed by atoms with Gasteiger partial charge in [0.2, 0.25) is 0 Å². The third-order valence-electron chi connectivity index (χ3n) is 3.92. The van der Waals surface area contributed by atoms with E-state index < -0.39 is 16.6 Å². The highest BCUT2D eigenvalue weighted by molar-refractivity contribution is 8.13. The molecule has 1 heterocycles. The molecule has 1 aliphatic carbocycles. The van der Waals surface area contributed by atoms with Gasteiger partial charge in [-0.1, -0.05) is 23.4 Å². The number of nitrogens with zero attached hydrogens (tertiary/aromatic N) is 2. The molecular formula is C13H12ClN3O4S. The fourth-order valence-electron chi connectivity index (χ4n) is 2.81. The van der Waals surface area contributed by atoms with E-state index in [1.165, 1.54) is 30.0 Å². The molecule has 3 rings (SSSR count). The lowest BCUT2D eigenvalue weighted by Crippen LogP contribution is -2.27. The van der Waals surface area contributed by atoms with Gasteiger partial charge in [0.1, 0.15) is 0 Å². The van der Waals surface area contributed by atoms with Gasteiger partial charge in [-0.15, -0.1) is 0 Å². The van der Waals surface area contributed by atoms with Crippen LogP contribution in [0.25, 0.3) is 0 Å². The highest BCUT2D eigenvalue weighted by Crippen LogP contribution is 2.60. The number of rotatable bonds is 2. The highest BCUT2D eigenvalue weighted by Gasteiger charge is 2.57. The number of halogens is 1. The van der Waals surface area contributed by atoms with Gasteiger partial charge in [0, 0.05) is 28.5 Å². The van der Waals surface area contributed by atoms with Gasteiger partial charge in [-0.3, -0.25) is 20.4 Å². The molecule has 1 aliphatic heterocycles. The third-order valence-corrected chi connectivity index (χ3v) is 5.16. The molecule has 1 amide bonds. The fraction of sp³-hybridized carbons (Fsp3) is 0.385. The third kappa shape index (κ3) is 2.64. The maximum atomic E-state index is 11.0. The molecule has 0 bridgehead atoms. The zero-order valence-electron chi connectivity index (χ0n) is 11.3. The summed E-state index contributed by atoms with van der Waals surface area (Å²) in [5.41, 5.74) is -0.0930. The number of amides is 1. The molecule has 1 saturated carbocycles. The molecule has 0 saturated heterocycles. The van der Waals surface area contributed by atoms with Crippen LogP contribution in [-0.4, -0.2) is 27.0 Å². The molecule has 1 aromatic rings. The smallest absolute Gasteiger partial charge is 0.410 e. The fourth-order valence-corrected chi connectivity index (χ4v) is 4.07. The van der Waals surface area contributed by atoms with Crippen molar-refractivity contribution in [1.82, 2.24) is 5.32 Å². The van der Waals surface area contributed by atoms with E-state index in [9.17, 15) is 14.9 Å². The van der Waals surface area contributed by atoms with Crippen LogP contribution in [0.1, 0.15) is 18.4 Å². The van der Waals surface area contributed by atoms with Crippen LogP contribution in [0.5, 0.6) is 0 Å². The monoisotopic (exact) mass is 341 g/mol. The molecule has 22 heavy (non-hydrogen) atoms. The van der Waals surface area contributed by atoms with Crippen molar-refractivity contribution < 1.29 is 14.8 Å². The second-order valence-electron chi connectivity index (χ2n) is 5.23. The van der Waals surface area contributed by atoms with Crippen molar-refractivity contribution in [3.63, 3.8) is 0 Å². The number of nitrogens with one attached hydrogen (secondary N) is 1. The number of non-ortho nitro benzene ring substituents is 1. The first-order chi connectivity index (χ1) is 10.4. The van der Waals surface area contributed by atoms with Crippen molar-refractivity contribution in [1.29, 1.82) is 0 Å². The number of fused-ring (bicyclic) bond motifs is 1. The summed E-state index contributed by atoms with van der Waals surface area (Å²) in [6.07, 6.45) is 0.405. The minimum absolute atomic E-state index is 0.0423. The molecule has 2 aliphatic rings. The number of carbonyl (C=O) groups is 1. The van der Waals surface area contributed by atoms with E-state index in [-0.39, 0.29) is 11.6 Å². The van der Waals surface area contributed by atoms with Gasteiger partial charge in [0.15, 0.2) is 5.17 Å². The molecule has 0 radical (unpaired) electrons. The minimum Gasteiger partial charge on any atom is -0.465 e. The first kappa shape index (κ1) is 15.1. The number of nitro groups is 1. The van der Waals surface area contributed by atoms with Crippen LogP contribution in [0.3, 0.4) is 0 Å². The predicted octanol–water partition coefficient (Wildman–Crippen LogP) is 3.22. The van der Waals surface area contributed by atoms with E-state index in [0.717, 1.165) is 18.6 Å². The van der Waals surface area contributed by atoms with Crippen molar-refractivity contribution in [2.45, 2.75) is 18.4 Å². The number of thioether (sulfide) groups is 1. The zero-order chi connectivity index (χ0) is 15.9. The summed E-state index contributed by atoms with van der Waals surface area (Å²) >= 11 is 7.56. The van der Waals surface area contributed by atoms with Crippen LogP contribution in [0.4, 0.5) is 10.5 Å². The summed E-state index contributed by atoms with van der Waals surface area (Å²) in [5, 5.41) is 22.9.